The number of piperidine rings is 1. The highest BCUT2D eigenvalue weighted by Gasteiger charge is 2.36. The van der Waals surface area contributed by atoms with Gasteiger partial charge in [-0.3, -0.25) is 4.79 Å². The van der Waals surface area contributed by atoms with Crippen LogP contribution in [-0.4, -0.2) is 43.1 Å². The number of nitrogens with one attached hydrogen (secondary N) is 1. The lowest BCUT2D eigenvalue weighted by molar-refractivity contribution is -0.133. The molecule has 37 heavy (non-hydrogen) atoms. The molecule has 3 fully saturated rings. The molecular weight excluding hydrogens is 503 g/mol. The molecule has 1 amide bonds. The van der Waals surface area contributed by atoms with Crippen LogP contribution in [0.4, 0.5) is 0 Å². The Bertz CT molecular complexity index is 1020. The van der Waals surface area contributed by atoms with E-state index in [2.05, 4.69) is 22.3 Å². The number of hydrogen-bond acceptors (Lipinski definition) is 3. The maximum atomic E-state index is 13.2. The summed E-state index contributed by atoms with van der Waals surface area (Å²) in [6.45, 7) is 3.93. The van der Waals surface area contributed by atoms with Crippen LogP contribution in [0.25, 0.3) is 11.1 Å². The molecule has 0 spiro atoms. The van der Waals surface area contributed by atoms with Crippen LogP contribution < -0.4 is 10.1 Å². The van der Waals surface area contributed by atoms with Crippen molar-refractivity contribution in [2.75, 3.05) is 26.2 Å². The van der Waals surface area contributed by atoms with Crippen molar-refractivity contribution in [2.45, 2.75) is 76.7 Å². The van der Waals surface area contributed by atoms with Gasteiger partial charge in [-0.2, -0.15) is 0 Å². The summed E-state index contributed by atoms with van der Waals surface area (Å²) in [6, 6.07) is 12.6. The Labute approximate surface area is 232 Å². The number of hydrogen-bond donors (Lipinski definition) is 1. The van der Waals surface area contributed by atoms with Crippen LogP contribution in [0.3, 0.4) is 0 Å². The maximum absolute atomic E-state index is 13.2. The van der Waals surface area contributed by atoms with Crippen molar-refractivity contribution >= 4 is 29.1 Å². The van der Waals surface area contributed by atoms with Crippen molar-refractivity contribution in [3.63, 3.8) is 0 Å². The highest BCUT2D eigenvalue weighted by Crippen LogP contribution is 2.37. The molecule has 1 N–H and O–H groups in total. The van der Waals surface area contributed by atoms with Crippen molar-refractivity contribution in [3.8, 4) is 16.9 Å². The molecule has 0 radical (unpaired) electrons. The molecule has 4 nitrogen and oxygen atoms in total. The third-order valence-corrected chi connectivity index (χ3v) is 9.24. The number of rotatable bonds is 9. The molecule has 2 aromatic carbocycles. The topological polar surface area (TPSA) is 41.6 Å². The van der Waals surface area contributed by atoms with Gasteiger partial charge in [0.15, 0.2) is 0 Å². The third kappa shape index (κ3) is 6.82. The van der Waals surface area contributed by atoms with Crippen LogP contribution in [0.2, 0.25) is 10.0 Å². The van der Waals surface area contributed by atoms with E-state index in [1.54, 1.807) is 0 Å². The van der Waals surface area contributed by atoms with Gasteiger partial charge in [-0.05, 0) is 111 Å². The molecule has 0 bridgehead atoms. The van der Waals surface area contributed by atoms with Gasteiger partial charge in [0.25, 0.3) is 0 Å². The molecular formula is C31H40Cl2N2O2. The number of nitrogens with zero attached hydrogens (tertiary/aromatic N) is 1. The fourth-order valence-electron chi connectivity index (χ4n) is 6.39. The normalized spacial score (nSPS) is 23.0. The number of ether oxygens (including phenoxy) is 1. The van der Waals surface area contributed by atoms with Crippen molar-refractivity contribution < 1.29 is 9.53 Å². The Kier molecular flexibility index (Phi) is 9.33. The minimum atomic E-state index is -0.0198. The summed E-state index contributed by atoms with van der Waals surface area (Å²) in [5, 5.41) is 4.77. The van der Waals surface area contributed by atoms with Crippen molar-refractivity contribution in [3.05, 3.63) is 52.0 Å². The lowest BCUT2D eigenvalue weighted by Crippen LogP contribution is -2.39. The second-order valence-corrected chi connectivity index (χ2v) is 12.0. The van der Waals surface area contributed by atoms with E-state index in [1.807, 2.05) is 24.3 Å². The summed E-state index contributed by atoms with van der Waals surface area (Å²) in [5.41, 5.74) is 2.93. The quantitative estimate of drug-likeness (QED) is 0.332. The minimum absolute atomic E-state index is 0.0198. The van der Waals surface area contributed by atoms with Crippen LogP contribution in [0.5, 0.6) is 5.75 Å². The largest absolute Gasteiger partial charge is 0.494 e. The zero-order valence-corrected chi connectivity index (χ0v) is 23.3. The van der Waals surface area contributed by atoms with Crippen LogP contribution in [0.15, 0.2) is 36.4 Å². The van der Waals surface area contributed by atoms with Crippen LogP contribution >= 0.6 is 23.2 Å². The van der Waals surface area contributed by atoms with Crippen LogP contribution in [-0.2, 0) is 11.2 Å². The maximum Gasteiger partial charge on any atom is 0.226 e. The molecule has 3 aliphatic rings. The van der Waals surface area contributed by atoms with Crippen LogP contribution in [0.1, 0.15) is 69.8 Å². The Morgan fingerprint density at radius 3 is 2.38 bits per heavy atom. The zero-order chi connectivity index (χ0) is 25.6. The van der Waals surface area contributed by atoms with E-state index in [-0.39, 0.29) is 11.8 Å². The van der Waals surface area contributed by atoms with E-state index in [0.717, 1.165) is 80.3 Å². The van der Waals surface area contributed by atoms with Gasteiger partial charge in [0.05, 0.1) is 6.61 Å². The highest BCUT2D eigenvalue weighted by molar-refractivity contribution is 6.36. The first kappa shape index (κ1) is 26.8. The number of carbonyl (C=O) groups is 1. The van der Waals surface area contributed by atoms with Gasteiger partial charge in [0.1, 0.15) is 5.75 Å². The monoisotopic (exact) mass is 542 g/mol. The minimum Gasteiger partial charge on any atom is -0.494 e. The first-order valence-corrected chi connectivity index (χ1v) is 15.1. The molecule has 1 aliphatic carbocycles. The Morgan fingerprint density at radius 1 is 0.919 bits per heavy atom. The molecule has 0 aromatic heterocycles. The predicted molar refractivity (Wildman–Crippen MR) is 153 cm³/mol. The molecule has 2 unspecified atom stereocenters. The standard InChI is InChI=1S/C31H40Cl2N2O2/c32-29-19-25(23-10-12-27(13-11-23)37-17-5-7-22-6-4-15-34-21-22)20-30(33)28(29)18-24-14-16-35(31(24)36)26-8-2-1-3-9-26/h10-13,19-20,22,24,26,34H,1-9,14-18,21H2. The molecule has 1 saturated carbocycles. The van der Waals surface area contributed by atoms with Crippen molar-refractivity contribution in [1.82, 2.24) is 10.2 Å². The van der Waals surface area contributed by atoms with E-state index in [9.17, 15) is 4.79 Å². The van der Waals surface area contributed by atoms with Crippen molar-refractivity contribution in [1.29, 1.82) is 0 Å². The van der Waals surface area contributed by atoms with Gasteiger partial charge in [0, 0.05) is 28.5 Å². The molecule has 2 aromatic rings. The van der Waals surface area contributed by atoms with E-state index in [1.165, 1.54) is 38.5 Å². The summed E-state index contributed by atoms with van der Waals surface area (Å²) in [7, 11) is 0. The summed E-state index contributed by atoms with van der Waals surface area (Å²) >= 11 is 13.5. The number of benzene rings is 2. The second-order valence-electron chi connectivity index (χ2n) is 11.2. The van der Waals surface area contributed by atoms with Gasteiger partial charge < -0.3 is 15.0 Å². The summed E-state index contributed by atoms with van der Waals surface area (Å²) in [4.78, 5) is 15.3. The first-order chi connectivity index (χ1) is 18.1. The van der Waals surface area contributed by atoms with E-state index >= 15 is 0 Å². The molecule has 2 saturated heterocycles. The summed E-state index contributed by atoms with van der Waals surface area (Å²) < 4.78 is 5.98. The van der Waals surface area contributed by atoms with Gasteiger partial charge in [0.2, 0.25) is 5.91 Å². The second kappa shape index (κ2) is 12.9. The molecule has 2 aliphatic heterocycles. The summed E-state index contributed by atoms with van der Waals surface area (Å²) in [5.74, 6) is 1.95. The Balaban J connectivity index is 1.16. The average Bonchev–Trinajstić information content (AvgIpc) is 3.30. The summed E-state index contributed by atoms with van der Waals surface area (Å²) in [6.07, 6.45) is 12.5. The number of carbonyl (C=O) groups excluding carboxylic acids is 1. The molecule has 200 valence electrons. The van der Waals surface area contributed by atoms with Gasteiger partial charge in [-0.1, -0.05) is 54.6 Å². The predicted octanol–water partition coefficient (Wildman–Crippen LogP) is 7.54. The van der Waals surface area contributed by atoms with E-state index in [0.29, 0.717) is 22.5 Å². The number of likely N-dealkylation sites (tertiary alicyclic amines) is 1. The molecule has 5 rings (SSSR count). The van der Waals surface area contributed by atoms with E-state index in [4.69, 9.17) is 27.9 Å². The van der Waals surface area contributed by atoms with Gasteiger partial charge in [-0.25, -0.2) is 0 Å². The molecule has 2 heterocycles. The SMILES string of the molecule is O=C1C(Cc2c(Cl)cc(-c3ccc(OCCCC4CCCNC4)cc3)cc2Cl)CCN1C1CCCCC1. The lowest BCUT2D eigenvalue weighted by atomic mass is 9.93. The van der Waals surface area contributed by atoms with E-state index < -0.39 is 0 Å². The van der Waals surface area contributed by atoms with Gasteiger partial charge in [-0.15, -0.1) is 0 Å². The highest BCUT2D eigenvalue weighted by atomic mass is 35.5. The molecule has 2 atom stereocenters. The first-order valence-electron chi connectivity index (χ1n) is 14.3. The Morgan fingerprint density at radius 2 is 1.68 bits per heavy atom. The smallest absolute Gasteiger partial charge is 0.226 e. The fraction of sp³-hybridized carbons (Fsp3) is 0.581. The third-order valence-electron chi connectivity index (χ3n) is 8.57. The van der Waals surface area contributed by atoms with Crippen molar-refractivity contribution in [2.24, 2.45) is 11.8 Å². The Hall–Kier alpha value is -1.75. The lowest BCUT2D eigenvalue weighted by Gasteiger charge is -2.31. The van der Waals surface area contributed by atoms with Crippen LogP contribution in [0, 0.1) is 11.8 Å². The average molecular weight is 544 g/mol. The zero-order valence-electron chi connectivity index (χ0n) is 21.8. The number of amides is 1. The molecule has 6 heteroatoms. The van der Waals surface area contributed by atoms with Gasteiger partial charge >= 0.3 is 0 Å². The fourth-order valence-corrected chi connectivity index (χ4v) is 7.04. The number of halogens is 2.